The standard InChI is InChI=1S/C42H42N4O6S/c1-29-11-21-36(22-12-29)53(49,50)45-38(23-30-7-3-2-4-8-30)41(48)43-25-31-13-19-34(20-14-31)42-51-35(26-46-28-44-37-9-5-6-10-39(37)46)24-40(52-42)33-17-15-32(27-47)16-18-33/h2-22,28,35,38,40,42,45,47H,23-27H2,1H3,(H,43,48). The third-order valence-electron chi connectivity index (χ3n) is 9.49. The Kier molecular flexibility index (Phi) is 11.1. The summed E-state index contributed by atoms with van der Waals surface area (Å²) in [7, 11) is -3.96. The minimum atomic E-state index is -3.96. The molecule has 3 N–H and O–H groups in total. The molecule has 1 fully saturated rings. The number of imidazole rings is 1. The summed E-state index contributed by atoms with van der Waals surface area (Å²) in [4.78, 5) is 18.2. The van der Waals surface area contributed by atoms with Crippen LogP contribution in [-0.2, 0) is 50.4 Å². The van der Waals surface area contributed by atoms with Crippen molar-refractivity contribution in [3.05, 3.63) is 167 Å². The highest BCUT2D eigenvalue weighted by Crippen LogP contribution is 2.38. The van der Waals surface area contributed by atoms with Crippen molar-refractivity contribution in [3.8, 4) is 0 Å². The number of aliphatic hydroxyl groups is 1. The zero-order valence-corrected chi connectivity index (χ0v) is 30.2. The van der Waals surface area contributed by atoms with Crippen LogP contribution in [0.4, 0.5) is 0 Å². The van der Waals surface area contributed by atoms with Crippen LogP contribution in [0.2, 0.25) is 0 Å². The van der Waals surface area contributed by atoms with E-state index in [9.17, 15) is 18.3 Å². The van der Waals surface area contributed by atoms with E-state index in [1.165, 1.54) is 12.1 Å². The third-order valence-corrected chi connectivity index (χ3v) is 11.0. The van der Waals surface area contributed by atoms with E-state index < -0.39 is 28.3 Å². The molecular weight excluding hydrogens is 689 g/mol. The number of nitrogens with zero attached hydrogens (tertiary/aromatic N) is 2. The molecule has 10 nitrogen and oxygen atoms in total. The fourth-order valence-corrected chi connectivity index (χ4v) is 7.72. The molecule has 4 atom stereocenters. The summed E-state index contributed by atoms with van der Waals surface area (Å²) < 4.78 is 44.4. The van der Waals surface area contributed by atoms with E-state index in [4.69, 9.17) is 9.47 Å². The van der Waals surface area contributed by atoms with Crippen molar-refractivity contribution in [2.24, 2.45) is 0 Å². The SMILES string of the molecule is Cc1ccc(S(=O)(=O)NC(Cc2ccccc2)C(=O)NCc2ccc(C3OC(Cn4cnc5ccccc54)CC(c4ccc(CO)cc4)O3)cc2)cc1. The molecule has 7 rings (SSSR count). The number of fused-ring (bicyclic) bond motifs is 1. The van der Waals surface area contributed by atoms with Crippen molar-refractivity contribution < 1.29 is 27.8 Å². The lowest BCUT2D eigenvalue weighted by Gasteiger charge is -2.36. The molecule has 272 valence electrons. The van der Waals surface area contributed by atoms with Gasteiger partial charge in [-0.05, 0) is 59.9 Å². The van der Waals surface area contributed by atoms with Crippen LogP contribution in [-0.4, -0.2) is 41.1 Å². The number of aryl methyl sites for hydroxylation is 1. The van der Waals surface area contributed by atoms with Crippen molar-refractivity contribution in [2.45, 2.75) is 68.9 Å². The zero-order chi connectivity index (χ0) is 36.8. The number of sulfonamides is 1. The number of amides is 1. The van der Waals surface area contributed by atoms with Gasteiger partial charge in [0.05, 0.1) is 47.6 Å². The highest BCUT2D eigenvalue weighted by Gasteiger charge is 2.33. The molecule has 1 amide bonds. The molecule has 0 radical (unpaired) electrons. The average molecular weight is 731 g/mol. The Labute approximate surface area is 309 Å². The van der Waals surface area contributed by atoms with Crippen LogP contribution in [0.15, 0.2) is 139 Å². The predicted molar refractivity (Wildman–Crippen MR) is 202 cm³/mol. The molecule has 5 aromatic carbocycles. The topological polar surface area (TPSA) is 132 Å². The molecule has 53 heavy (non-hydrogen) atoms. The van der Waals surface area contributed by atoms with Gasteiger partial charge in [-0.3, -0.25) is 4.79 Å². The maximum absolute atomic E-state index is 13.6. The molecule has 1 saturated heterocycles. The van der Waals surface area contributed by atoms with Gasteiger partial charge in [0.15, 0.2) is 6.29 Å². The number of ether oxygens (including phenoxy) is 2. The fourth-order valence-electron chi connectivity index (χ4n) is 6.52. The Bertz CT molecular complexity index is 2240. The molecule has 4 unspecified atom stereocenters. The number of hydrogen-bond donors (Lipinski definition) is 3. The van der Waals surface area contributed by atoms with Gasteiger partial charge >= 0.3 is 0 Å². The highest BCUT2D eigenvalue weighted by atomic mass is 32.2. The molecule has 11 heteroatoms. The second kappa shape index (κ2) is 16.2. The second-order valence-corrected chi connectivity index (χ2v) is 15.1. The number of hydrogen-bond acceptors (Lipinski definition) is 7. The first-order valence-corrected chi connectivity index (χ1v) is 19.1. The van der Waals surface area contributed by atoms with Gasteiger partial charge in [-0.2, -0.15) is 4.72 Å². The molecule has 0 aliphatic carbocycles. The van der Waals surface area contributed by atoms with Gasteiger partial charge in [0.1, 0.15) is 6.04 Å². The smallest absolute Gasteiger partial charge is 0.241 e. The predicted octanol–water partition coefficient (Wildman–Crippen LogP) is 6.29. The van der Waals surface area contributed by atoms with Crippen LogP contribution >= 0.6 is 0 Å². The first kappa shape index (κ1) is 36.2. The third kappa shape index (κ3) is 8.90. The van der Waals surface area contributed by atoms with E-state index in [1.54, 1.807) is 12.1 Å². The number of carbonyl (C=O) groups is 1. The molecule has 1 aliphatic heterocycles. The Morgan fingerprint density at radius 1 is 0.830 bits per heavy atom. The monoisotopic (exact) mass is 730 g/mol. The van der Waals surface area contributed by atoms with Crippen LogP contribution in [0.1, 0.15) is 52.2 Å². The van der Waals surface area contributed by atoms with E-state index in [2.05, 4.69) is 19.6 Å². The van der Waals surface area contributed by atoms with E-state index in [1.807, 2.05) is 116 Å². The van der Waals surface area contributed by atoms with Crippen molar-refractivity contribution in [3.63, 3.8) is 0 Å². The number of rotatable bonds is 13. The summed E-state index contributed by atoms with van der Waals surface area (Å²) in [6, 6.07) is 38.3. The minimum absolute atomic E-state index is 0.0304. The fraction of sp³-hybridized carbons (Fsp3) is 0.238. The number of nitrogens with one attached hydrogen (secondary N) is 2. The largest absolute Gasteiger partial charge is 0.392 e. The van der Waals surface area contributed by atoms with Gasteiger partial charge in [-0.15, -0.1) is 0 Å². The van der Waals surface area contributed by atoms with Crippen molar-refractivity contribution >= 4 is 27.0 Å². The average Bonchev–Trinajstić information content (AvgIpc) is 3.59. The summed E-state index contributed by atoms with van der Waals surface area (Å²) in [6.07, 6.45) is 1.57. The number of para-hydroxylation sites is 2. The molecule has 0 bridgehead atoms. The lowest BCUT2D eigenvalue weighted by Crippen LogP contribution is -2.47. The Balaban J connectivity index is 1.05. The molecule has 2 heterocycles. The van der Waals surface area contributed by atoms with Crippen molar-refractivity contribution in [1.29, 1.82) is 0 Å². The summed E-state index contributed by atoms with van der Waals surface area (Å²) in [5, 5.41) is 12.5. The zero-order valence-electron chi connectivity index (χ0n) is 29.3. The first-order chi connectivity index (χ1) is 25.7. The Morgan fingerprint density at radius 2 is 1.51 bits per heavy atom. The van der Waals surface area contributed by atoms with E-state index in [0.717, 1.165) is 44.4 Å². The summed E-state index contributed by atoms with van der Waals surface area (Å²) in [5.41, 5.74) is 7.20. The first-order valence-electron chi connectivity index (χ1n) is 17.6. The number of carbonyl (C=O) groups excluding carboxylic acids is 1. The molecule has 1 aliphatic rings. The maximum atomic E-state index is 13.6. The Morgan fingerprint density at radius 3 is 2.25 bits per heavy atom. The van der Waals surface area contributed by atoms with E-state index >= 15 is 0 Å². The molecule has 6 aromatic rings. The number of aliphatic hydroxyl groups excluding tert-OH is 1. The van der Waals surface area contributed by atoms with Gasteiger partial charge in [-0.25, -0.2) is 13.4 Å². The molecule has 1 aromatic heterocycles. The maximum Gasteiger partial charge on any atom is 0.241 e. The minimum Gasteiger partial charge on any atom is -0.392 e. The number of benzene rings is 5. The highest BCUT2D eigenvalue weighted by molar-refractivity contribution is 7.89. The molecule has 0 saturated carbocycles. The lowest BCUT2D eigenvalue weighted by atomic mass is 9.99. The summed E-state index contributed by atoms with van der Waals surface area (Å²) in [5.74, 6) is -0.433. The van der Waals surface area contributed by atoms with Gasteiger partial charge in [0.2, 0.25) is 15.9 Å². The van der Waals surface area contributed by atoms with Gasteiger partial charge in [0, 0.05) is 18.5 Å². The lowest BCUT2D eigenvalue weighted by molar-refractivity contribution is -0.252. The molecule has 0 spiro atoms. The van der Waals surface area contributed by atoms with Gasteiger partial charge in [0.25, 0.3) is 0 Å². The summed E-state index contributed by atoms with van der Waals surface area (Å²) >= 11 is 0. The van der Waals surface area contributed by atoms with E-state index in [-0.39, 0.29) is 36.7 Å². The summed E-state index contributed by atoms with van der Waals surface area (Å²) in [6.45, 7) is 2.64. The van der Waals surface area contributed by atoms with E-state index in [0.29, 0.717) is 13.0 Å². The van der Waals surface area contributed by atoms with Crippen LogP contribution in [0.5, 0.6) is 0 Å². The van der Waals surface area contributed by atoms with Crippen molar-refractivity contribution in [1.82, 2.24) is 19.6 Å². The normalized spacial score (nSPS) is 18.1. The van der Waals surface area contributed by atoms with Crippen LogP contribution in [0.25, 0.3) is 11.0 Å². The second-order valence-electron chi connectivity index (χ2n) is 13.4. The quantitative estimate of drug-likeness (QED) is 0.127. The number of aromatic nitrogens is 2. The molecular formula is C42H42N4O6S. The van der Waals surface area contributed by atoms with Gasteiger partial charge < -0.3 is 24.5 Å². The van der Waals surface area contributed by atoms with Crippen LogP contribution in [0.3, 0.4) is 0 Å². The van der Waals surface area contributed by atoms with Crippen molar-refractivity contribution in [2.75, 3.05) is 0 Å². The van der Waals surface area contributed by atoms with Crippen LogP contribution in [0, 0.1) is 6.92 Å². The Hall–Kier alpha value is -5.17. The van der Waals surface area contributed by atoms with Crippen LogP contribution < -0.4 is 10.0 Å². The van der Waals surface area contributed by atoms with Gasteiger partial charge in [-0.1, -0.05) is 109 Å².